The van der Waals surface area contributed by atoms with E-state index in [1.54, 1.807) is 24.3 Å². The Morgan fingerprint density at radius 1 is 1.19 bits per heavy atom. The minimum absolute atomic E-state index is 0.0265. The van der Waals surface area contributed by atoms with E-state index in [2.05, 4.69) is 5.32 Å². The molecular formula is C19H15ClN2O3S. The lowest BCUT2D eigenvalue weighted by atomic mass is 10.1. The highest BCUT2D eigenvalue weighted by Crippen LogP contribution is 2.27. The van der Waals surface area contributed by atoms with Gasteiger partial charge in [0.25, 0.3) is 11.8 Å². The van der Waals surface area contributed by atoms with Crippen molar-refractivity contribution in [3.05, 3.63) is 64.2 Å². The van der Waals surface area contributed by atoms with Crippen LogP contribution in [0.1, 0.15) is 11.1 Å². The van der Waals surface area contributed by atoms with Crippen molar-refractivity contribution in [2.75, 3.05) is 12.0 Å². The number of amides is 2. The third kappa shape index (κ3) is 3.47. The molecule has 0 radical (unpaired) electrons. The van der Waals surface area contributed by atoms with Crippen LogP contribution in [0.2, 0.25) is 5.02 Å². The van der Waals surface area contributed by atoms with Crippen molar-refractivity contribution in [3.63, 3.8) is 0 Å². The number of anilines is 1. The quantitative estimate of drug-likeness (QED) is 0.498. The number of hydrogen-bond donors (Lipinski definition) is 1. The van der Waals surface area contributed by atoms with Gasteiger partial charge in [-0.15, -0.1) is 0 Å². The summed E-state index contributed by atoms with van der Waals surface area (Å²) in [5.74, 6) is -0.525. The number of carbonyl (C=O) groups excluding carboxylic acids is 2. The lowest BCUT2D eigenvalue weighted by Crippen LogP contribution is -2.54. The van der Waals surface area contributed by atoms with Crippen LogP contribution in [0.3, 0.4) is 0 Å². The smallest absolute Gasteiger partial charge is 0.270 e. The first-order valence-electron chi connectivity index (χ1n) is 7.72. The Bertz CT molecular complexity index is 956. The zero-order valence-corrected chi connectivity index (χ0v) is 15.6. The number of ether oxygens (including phenoxy) is 1. The molecule has 1 aliphatic rings. The Hall–Kier alpha value is -2.70. The van der Waals surface area contributed by atoms with Gasteiger partial charge in [-0.2, -0.15) is 0 Å². The molecule has 1 saturated heterocycles. The maximum absolute atomic E-state index is 12.9. The van der Waals surface area contributed by atoms with E-state index in [9.17, 15) is 9.59 Å². The highest BCUT2D eigenvalue weighted by molar-refractivity contribution is 7.80. The molecule has 0 bridgehead atoms. The highest BCUT2D eigenvalue weighted by Gasteiger charge is 2.34. The molecule has 1 fully saturated rings. The summed E-state index contributed by atoms with van der Waals surface area (Å²) in [7, 11) is 1.51. The number of thiocarbonyl (C=S) groups is 1. The number of benzene rings is 2. The normalized spacial score (nSPS) is 16.0. The van der Waals surface area contributed by atoms with Gasteiger partial charge in [-0.3, -0.25) is 19.8 Å². The average Bonchev–Trinajstić information content (AvgIpc) is 2.58. The second-order valence-electron chi connectivity index (χ2n) is 5.69. The third-order valence-corrected chi connectivity index (χ3v) is 4.43. The van der Waals surface area contributed by atoms with Gasteiger partial charge in [0, 0.05) is 0 Å². The third-order valence-electron chi connectivity index (χ3n) is 3.85. The summed E-state index contributed by atoms with van der Waals surface area (Å²) in [5.41, 5.74) is 2.15. The Balaban J connectivity index is 2.01. The van der Waals surface area contributed by atoms with Crippen molar-refractivity contribution < 1.29 is 14.3 Å². The van der Waals surface area contributed by atoms with Crippen molar-refractivity contribution in [2.45, 2.75) is 6.92 Å². The summed E-state index contributed by atoms with van der Waals surface area (Å²) in [5, 5.41) is 2.99. The molecule has 0 unspecified atom stereocenters. The standard InChI is InChI=1S/C19H15ClN2O3S/c1-11-4-3-5-13(8-11)22-18(24)14(17(23)21-19(22)26)9-12-6-7-16(25-2)15(20)10-12/h3-10H,1-2H3,(H,21,23,26)/b14-9+. The van der Waals surface area contributed by atoms with E-state index in [-0.39, 0.29) is 10.7 Å². The summed E-state index contributed by atoms with van der Waals surface area (Å²) < 4.78 is 5.11. The van der Waals surface area contributed by atoms with Crippen LogP contribution in [0, 0.1) is 6.92 Å². The van der Waals surface area contributed by atoms with Crippen LogP contribution in [0.5, 0.6) is 5.75 Å². The number of nitrogens with one attached hydrogen (secondary N) is 1. The molecule has 5 nitrogen and oxygen atoms in total. The van der Waals surface area contributed by atoms with Gasteiger partial charge in [-0.05, 0) is 60.6 Å². The van der Waals surface area contributed by atoms with Gasteiger partial charge in [0.05, 0.1) is 17.8 Å². The fourth-order valence-electron chi connectivity index (χ4n) is 2.60. The Labute approximate surface area is 161 Å². The lowest BCUT2D eigenvalue weighted by Gasteiger charge is -2.29. The van der Waals surface area contributed by atoms with E-state index in [0.717, 1.165) is 5.56 Å². The molecule has 3 rings (SSSR count). The first kappa shape index (κ1) is 18.1. The summed E-state index contributed by atoms with van der Waals surface area (Å²) in [6, 6.07) is 12.3. The van der Waals surface area contributed by atoms with E-state index in [1.807, 2.05) is 25.1 Å². The molecule has 132 valence electrons. The van der Waals surface area contributed by atoms with Gasteiger partial charge >= 0.3 is 0 Å². The molecule has 2 amide bonds. The molecule has 0 spiro atoms. The highest BCUT2D eigenvalue weighted by atomic mass is 35.5. The van der Waals surface area contributed by atoms with Crippen LogP contribution in [0.4, 0.5) is 5.69 Å². The van der Waals surface area contributed by atoms with Crippen LogP contribution in [0.15, 0.2) is 48.0 Å². The maximum Gasteiger partial charge on any atom is 0.270 e. The molecule has 1 aliphatic heterocycles. The van der Waals surface area contributed by atoms with Crippen molar-refractivity contribution in [2.24, 2.45) is 0 Å². The predicted molar refractivity (Wildman–Crippen MR) is 105 cm³/mol. The molecule has 7 heteroatoms. The Morgan fingerprint density at radius 2 is 1.96 bits per heavy atom. The lowest BCUT2D eigenvalue weighted by molar-refractivity contribution is -0.122. The van der Waals surface area contributed by atoms with Crippen molar-refractivity contribution >= 4 is 52.5 Å². The SMILES string of the molecule is COc1ccc(/C=C2\C(=O)NC(=S)N(c3cccc(C)c3)C2=O)cc1Cl. The monoisotopic (exact) mass is 386 g/mol. The van der Waals surface area contributed by atoms with Crippen molar-refractivity contribution in [3.8, 4) is 5.75 Å². The van der Waals surface area contributed by atoms with E-state index < -0.39 is 11.8 Å². The molecule has 0 aliphatic carbocycles. The molecule has 2 aromatic rings. The number of carbonyl (C=O) groups is 2. The van der Waals surface area contributed by atoms with E-state index in [4.69, 9.17) is 28.6 Å². The summed E-state index contributed by atoms with van der Waals surface area (Å²) in [6.07, 6.45) is 1.48. The fourth-order valence-corrected chi connectivity index (χ4v) is 3.15. The van der Waals surface area contributed by atoms with Crippen LogP contribution in [0.25, 0.3) is 6.08 Å². The summed E-state index contributed by atoms with van der Waals surface area (Å²) in [6.45, 7) is 1.91. The number of hydrogen-bond acceptors (Lipinski definition) is 4. The van der Waals surface area contributed by atoms with Gasteiger partial charge in [0.2, 0.25) is 0 Å². The van der Waals surface area contributed by atoms with Crippen LogP contribution in [-0.2, 0) is 9.59 Å². The molecule has 1 N–H and O–H groups in total. The van der Waals surface area contributed by atoms with E-state index in [0.29, 0.717) is 22.0 Å². The van der Waals surface area contributed by atoms with Gasteiger partial charge in [-0.25, -0.2) is 0 Å². The average molecular weight is 387 g/mol. The predicted octanol–water partition coefficient (Wildman–Crippen LogP) is 3.49. The fraction of sp³-hybridized carbons (Fsp3) is 0.105. The van der Waals surface area contributed by atoms with Gasteiger partial charge in [0.15, 0.2) is 5.11 Å². The molecule has 1 heterocycles. The first-order valence-corrected chi connectivity index (χ1v) is 8.51. The van der Waals surface area contributed by atoms with Gasteiger partial charge < -0.3 is 4.74 Å². The van der Waals surface area contributed by atoms with Crippen LogP contribution < -0.4 is 15.0 Å². The second-order valence-corrected chi connectivity index (χ2v) is 6.48. The zero-order chi connectivity index (χ0) is 18.8. The van der Waals surface area contributed by atoms with E-state index >= 15 is 0 Å². The largest absolute Gasteiger partial charge is 0.495 e. The maximum atomic E-state index is 12.9. The topological polar surface area (TPSA) is 58.6 Å². The Morgan fingerprint density at radius 3 is 2.62 bits per heavy atom. The van der Waals surface area contributed by atoms with Crippen molar-refractivity contribution in [1.29, 1.82) is 0 Å². The number of methoxy groups -OCH3 is 1. The molecule has 26 heavy (non-hydrogen) atoms. The molecule has 0 atom stereocenters. The van der Waals surface area contributed by atoms with Crippen LogP contribution >= 0.6 is 23.8 Å². The Kier molecular flexibility index (Phi) is 5.06. The number of halogens is 1. The van der Waals surface area contributed by atoms with E-state index in [1.165, 1.54) is 18.1 Å². The molecule has 0 aromatic heterocycles. The summed E-state index contributed by atoms with van der Waals surface area (Å²) >= 11 is 11.3. The number of aryl methyl sites for hydroxylation is 1. The van der Waals surface area contributed by atoms with Gasteiger partial charge in [-0.1, -0.05) is 29.8 Å². The molecule has 2 aromatic carbocycles. The zero-order valence-electron chi connectivity index (χ0n) is 14.1. The van der Waals surface area contributed by atoms with Crippen molar-refractivity contribution in [1.82, 2.24) is 5.32 Å². The first-order chi connectivity index (χ1) is 12.4. The summed E-state index contributed by atoms with van der Waals surface area (Å²) in [4.78, 5) is 26.5. The minimum atomic E-state index is -0.546. The minimum Gasteiger partial charge on any atom is -0.495 e. The molecular weight excluding hydrogens is 372 g/mol. The molecule has 0 saturated carbocycles. The second kappa shape index (κ2) is 7.27. The van der Waals surface area contributed by atoms with Gasteiger partial charge in [0.1, 0.15) is 11.3 Å². The number of rotatable bonds is 3. The number of nitrogens with zero attached hydrogens (tertiary/aromatic N) is 1. The van der Waals surface area contributed by atoms with Crippen LogP contribution in [-0.4, -0.2) is 24.0 Å².